The van der Waals surface area contributed by atoms with E-state index < -0.39 is 20.0 Å². The Morgan fingerprint density at radius 2 is 1.56 bits per heavy atom. The van der Waals surface area contributed by atoms with Gasteiger partial charge in [-0.25, -0.2) is 22.0 Å². The number of rotatable bonds is 7. The molecule has 0 aliphatic carbocycles. The molecule has 0 saturated carbocycles. The predicted molar refractivity (Wildman–Crippen MR) is 141 cm³/mol. The topological polar surface area (TPSA) is 157 Å². The van der Waals surface area contributed by atoms with Gasteiger partial charge in [0, 0.05) is 29.1 Å². The maximum Gasteiger partial charge on any atom is 0.262 e. The van der Waals surface area contributed by atoms with Crippen LogP contribution in [0.15, 0.2) is 77.8 Å². The van der Waals surface area contributed by atoms with Crippen molar-refractivity contribution in [2.24, 2.45) is 5.14 Å². The summed E-state index contributed by atoms with van der Waals surface area (Å²) in [6.07, 6.45) is 0.382. The van der Waals surface area contributed by atoms with Crippen LogP contribution in [0.5, 0.6) is 5.75 Å². The number of sulfonamides is 2. The molecule has 1 aromatic heterocycles. The van der Waals surface area contributed by atoms with E-state index in [-0.39, 0.29) is 32.6 Å². The number of hydrogen-bond donors (Lipinski definition) is 3. The van der Waals surface area contributed by atoms with E-state index in [1.807, 2.05) is 6.92 Å². The quantitative estimate of drug-likeness (QED) is 0.239. The number of fused-ring (bicyclic) bond motifs is 1. The molecule has 0 spiro atoms. The van der Waals surface area contributed by atoms with Crippen molar-refractivity contribution in [2.75, 3.05) is 4.72 Å². The molecule has 0 bridgehead atoms. The summed E-state index contributed by atoms with van der Waals surface area (Å²) < 4.78 is 57.6. The Bertz CT molecular complexity index is 1710. The third kappa shape index (κ3) is 5.06. The standard InChI is InChI=1S/C23H18Br2N2O7S2/c1-2-19-21(22(28)12-9-17(24)23(29)18(25)10-12)16-8-7-15(11-20(16)34-19)36(32,33)27-13-3-5-14(6-4-13)35(26,30)31/h3-11,27,29H,2H2,1H3,(H2,26,30,31). The van der Waals surface area contributed by atoms with Crippen LogP contribution in [-0.2, 0) is 26.5 Å². The highest BCUT2D eigenvalue weighted by atomic mass is 79.9. The average molecular weight is 658 g/mol. The molecule has 3 aromatic carbocycles. The minimum Gasteiger partial charge on any atom is -0.506 e. The Morgan fingerprint density at radius 3 is 2.11 bits per heavy atom. The molecule has 0 amide bonds. The van der Waals surface area contributed by atoms with Gasteiger partial charge in [0.2, 0.25) is 10.0 Å². The summed E-state index contributed by atoms with van der Waals surface area (Å²) in [5.74, 6) is -0.00644. The SMILES string of the molecule is CCc1oc2cc(S(=O)(=O)Nc3ccc(S(N)(=O)=O)cc3)ccc2c1C(=O)c1cc(Br)c(O)c(Br)c1. The van der Waals surface area contributed by atoms with Crippen molar-refractivity contribution < 1.29 is 31.2 Å². The van der Waals surface area contributed by atoms with Gasteiger partial charge in [0.25, 0.3) is 10.0 Å². The molecule has 4 rings (SSSR count). The van der Waals surface area contributed by atoms with E-state index in [4.69, 9.17) is 9.56 Å². The lowest BCUT2D eigenvalue weighted by Gasteiger charge is -2.09. The number of ketones is 1. The number of anilines is 1. The van der Waals surface area contributed by atoms with Gasteiger partial charge in [-0.1, -0.05) is 6.92 Å². The maximum atomic E-state index is 13.4. The van der Waals surface area contributed by atoms with E-state index in [0.29, 0.717) is 37.6 Å². The maximum absolute atomic E-state index is 13.4. The van der Waals surface area contributed by atoms with Gasteiger partial charge in [0.05, 0.1) is 24.3 Å². The summed E-state index contributed by atoms with van der Waals surface area (Å²) in [4.78, 5) is 13.1. The van der Waals surface area contributed by atoms with Crippen LogP contribution >= 0.6 is 31.9 Å². The molecule has 0 aliphatic rings. The van der Waals surface area contributed by atoms with E-state index in [1.165, 1.54) is 54.6 Å². The number of primary sulfonamides is 1. The number of hydrogen-bond acceptors (Lipinski definition) is 7. The zero-order valence-corrected chi connectivity index (χ0v) is 23.3. The van der Waals surface area contributed by atoms with Crippen molar-refractivity contribution in [1.29, 1.82) is 0 Å². The molecule has 0 saturated heterocycles. The van der Waals surface area contributed by atoms with E-state index in [9.17, 15) is 26.7 Å². The number of benzene rings is 3. The molecule has 0 atom stereocenters. The molecule has 13 heteroatoms. The summed E-state index contributed by atoms with van der Waals surface area (Å²) in [5, 5.41) is 15.5. The second kappa shape index (κ2) is 9.63. The molecule has 0 unspecified atom stereocenters. The first-order valence-electron chi connectivity index (χ1n) is 10.3. The first kappa shape index (κ1) is 26.4. The van der Waals surface area contributed by atoms with Crippen LogP contribution in [0, 0.1) is 0 Å². The number of carbonyl (C=O) groups is 1. The van der Waals surface area contributed by atoms with Crippen molar-refractivity contribution in [3.05, 3.63) is 80.4 Å². The Kier molecular flexibility index (Phi) is 7.05. The average Bonchev–Trinajstić information content (AvgIpc) is 3.19. The van der Waals surface area contributed by atoms with E-state index in [2.05, 4.69) is 36.6 Å². The van der Waals surface area contributed by atoms with E-state index in [1.54, 1.807) is 0 Å². The smallest absolute Gasteiger partial charge is 0.262 e. The molecule has 4 N–H and O–H groups in total. The molecule has 1 heterocycles. The first-order chi connectivity index (χ1) is 16.8. The zero-order valence-electron chi connectivity index (χ0n) is 18.4. The summed E-state index contributed by atoms with van der Waals surface area (Å²) in [5.41, 5.74) is 0.938. The molecule has 36 heavy (non-hydrogen) atoms. The number of carbonyl (C=O) groups excluding carboxylic acids is 1. The van der Waals surface area contributed by atoms with Gasteiger partial charge in [0.1, 0.15) is 17.1 Å². The monoisotopic (exact) mass is 656 g/mol. The Balaban J connectivity index is 1.72. The van der Waals surface area contributed by atoms with Crippen LogP contribution < -0.4 is 9.86 Å². The van der Waals surface area contributed by atoms with Gasteiger partial charge in [-0.3, -0.25) is 9.52 Å². The van der Waals surface area contributed by atoms with Gasteiger partial charge >= 0.3 is 0 Å². The number of halogens is 2. The zero-order chi connectivity index (χ0) is 26.4. The normalized spacial score (nSPS) is 12.1. The molecule has 0 aliphatic heterocycles. The second-order valence-corrected chi connectivity index (χ2v) is 12.7. The van der Waals surface area contributed by atoms with Crippen molar-refractivity contribution >= 4 is 74.3 Å². The Hall–Kier alpha value is -2.71. The van der Waals surface area contributed by atoms with Crippen LogP contribution in [0.3, 0.4) is 0 Å². The second-order valence-electron chi connectivity index (χ2n) is 7.70. The number of phenolic OH excluding ortho intramolecular Hbond substituents is 1. The van der Waals surface area contributed by atoms with Gasteiger partial charge in [0.15, 0.2) is 5.78 Å². The predicted octanol–water partition coefficient (Wildman–Crippen LogP) is 4.91. The first-order valence-corrected chi connectivity index (χ1v) is 14.9. The van der Waals surface area contributed by atoms with Gasteiger partial charge < -0.3 is 9.52 Å². The number of phenols is 1. The summed E-state index contributed by atoms with van der Waals surface area (Å²) >= 11 is 6.44. The van der Waals surface area contributed by atoms with Crippen LogP contribution in [0.1, 0.15) is 28.6 Å². The molecule has 4 aromatic rings. The third-order valence-electron chi connectivity index (χ3n) is 5.31. The van der Waals surface area contributed by atoms with Gasteiger partial charge in [-0.15, -0.1) is 0 Å². The van der Waals surface area contributed by atoms with Crippen LogP contribution in [0.4, 0.5) is 5.69 Å². The number of aryl methyl sites for hydroxylation is 1. The molecular formula is C23H18Br2N2O7S2. The summed E-state index contributed by atoms with van der Waals surface area (Å²) in [7, 11) is -7.98. The van der Waals surface area contributed by atoms with E-state index in [0.717, 1.165) is 0 Å². The highest BCUT2D eigenvalue weighted by Crippen LogP contribution is 2.36. The third-order valence-corrected chi connectivity index (χ3v) is 8.82. The molecule has 0 radical (unpaired) electrons. The van der Waals surface area contributed by atoms with Crippen LogP contribution in [-0.4, -0.2) is 27.7 Å². The van der Waals surface area contributed by atoms with Gasteiger partial charge in [-0.05, 0) is 80.4 Å². The minimum absolute atomic E-state index is 0.0408. The van der Waals surface area contributed by atoms with Crippen molar-refractivity contribution in [3.8, 4) is 5.75 Å². The Morgan fingerprint density at radius 1 is 0.972 bits per heavy atom. The summed E-state index contributed by atoms with van der Waals surface area (Å²) in [6, 6.07) is 12.1. The van der Waals surface area contributed by atoms with Crippen molar-refractivity contribution in [2.45, 2.75) is 23.1 Å². The van der Waals surface area contributed by atoms with Crippen molar-refractivity contribution in [1.82, 2.24) is 0 Å². The number of aromatic hydroxyl groups is 1. The lowest BCUT2D eigenvalue weighted by molar-refractivity contribution is 0.103. The number of furan rings is 1. The fraction of sp³-hybridized carbons (Fsp3) is 0.0870. The number of nitrogens with two attached hydrogens (primary N) is 1. The van der Waals surface area contributed by atoms with Crippen LogP contribution in [0.2, 0.25) is 0 Å². The molecular weight excluding hydrogens is 640 g/mol. The van der Waals surface area contributed by atoms with Crippen LogP contribution in [0.25, 0.3) is 11.0 Å². The largest absolute Gasteiger partial charge is 0.506 e. The van der Waals surface area contributed by atoms with E-state index >= 15 is 0 Å². The summed E-state index contributed by atoms with van der Waals surface area (Å²) in [6.45, 7) is 1.81. The minimum atomic E-state index is -4.07. The fourth-order valence-corrected chi connectivity index (χ4v) is 6.34. The molecule has 0 fully saturated rings. The highest BCUT2D eigenvalue weighted by molar-refractivity contribution is 9.11. The fourth-order valence-electron chi connectivity index (χ4n) is 3.56. The molecule has 188 valence electrons. The van der Waals surface area contributed by atoms with Gasteiger partial charge in [-0.2, -0.15) is 0 Å². The Labute approximate surface area is 223 Å². The highest BCUT2D eigenvalue weighted by Gasteiger charge is 2.24. The van der Waals surface area contributed by atoms with Crippen molar-refractivity contribution in [3.63, 3.8) is 0 Å². The number of nitrogens with one attached hydrogen (secondary N) is 1. The lowest BCUT2D eigenvalue weighted by atomic mass is 9.99. The lowest BCUT2D eigenvalue weighted by Crippen LogP contribution is -2.14. The molecule has 9 nitrogen and oxygen atoms in total.